The number of carbonyl (C=O) groups excluding carboxylic acids is 3. The molecule has 0 aromatic carbocycles. The van der Waals surface area contributed by atoms with Crippen LogP contribution in [0.25, 0.3) is 0 Å². The highest BCUT2D eigenvalue weighted by Gasteiger charge is 2.45. The van der Waals surface area contributed by atoms with E-state index >= 15 is 0 Å². The van der Waals surface area contributed by atoms with Gasteiger partial charge in [-0.2, -0.15) is 0 Å². The van der Waals surface area contributed by atoms with Crippen molar-refractivity contribution >= 4 is 17.7 Å². The first kappa shape index (κ1) is 25.6. The van der Waals surface area contributed by atoms with E-state index in [1.165, 1.54) is 4.90 Å². The van der Waals surface area contributed by atoms with Crippen LogP contribution in [0.5, 0.6) is 0 Å². The molecule has 10 heteroatoms. The molecule has 0 radical (unpaired) electrons. The number of aliphatic hydroxyl groups is 1. The fourth-order valence-electron chi connectivity index (χ4n) is 5.44. The van der Waals surface area contributed by atoms with E-state index < -0.39 is 23.6 Å². The van der Waals surface area contributed by atoms with E-state index in [-0.39, 0.29) is 36.7 Å². The standard InChI is InChI=1S/C25H40N6O4/c1-5-17(29-12-6-7-21(29)33)10-11-26-23(34)20-13-18(32)14-30(20)24(35)22(25(2,3)4)31-15-19(27-28-31)16-8-9-16/h15-18,20,22,32H,5-14H2,1-4H3,(H,26,34)/t17?,18-,20+,22-/m0/s1. The van der Waals surface area contributed by atoms with Gasteiger partial charge in [0.1, 0.15) is 12.1 Å². The van der Waals surface area contributed by atoms with Crippen LogP contribution in [0.1, 0.15) is 90.3 Å². The van der Waals surface area contributed by atoms with Gasteiger partial charge in [-0.1, -0.05) is 32.9 Å². The van der Waals surface area contributed by atoms with Gasteiger partial charge in [0.15, 0.2) is 0 Å². The van der Waals surface area contributed by atoms with Gasteiger partial charge in [-0.3, -0.25) is 14.4 Å². The molecule has 1 aliphatic carbocycles. The average Bonchev–Trinajstić information content (AvgIpc) is 3.17. The Bertz CT molecular complexity index is 937. The second kappa shape index (κ2) is 10.2. The Hall–Kier alpha value is -2.49. The van der Waals surface area contributed by atoms with Crippen LogP contribution in [0.2, 0.25) is 0 Å². The van der Waals surface area contributed by atoms with Gasteiger partial charge in [0.05, 0.1) is 11.8 Å². The summed E-state index contributed by atoms with van der Waals surface area (Å²) in [5.41, 5.74) is 0.446. The van der Waals surface area contributed by atoms with Crippen LogP contribution < -0.4 is 5.32 Å². The summed E-state index contributed by atoms with van der Waals surface area (Å²) in [6, 6.07) is -1.26. The van der Waals surface area contributed by atoms with Crippen molar-refractivity contribution in [3.8, 4) is 0 Å². The van der Waals surface area contributed by atoms with Gasteiger partial charge < -0.3 is 20.2 Å². The van der Waals surface area contributed by atoms with Crippen molar-refractivity contribution in [2.24, 2.45) is 5.41 Å². The minimum atomic E-state index is -0.751. The number of β-amino-alcohol motifs (C(OH)–C–C–N with tert-alkyl or cyclic N) is 1. The zero-order chi connectivity index (χ0) is 25.3. The van der Waals surface area contributed by atoms with Crippen molar-refractivity contribution in [1.82, 2.24) is 30.1 Å². The molecule has 1 aromatic rings. The molecule has 194 valence electrons. The minimum absolute atomic E-state index is 0.107. The molecule has 35 heavy (non-hydrogen) atoms. The second-order valence-corrected chi connectivity index (χ2v) is 11.4. The van der Waals surface area contributed by atoms with Crippen LogP contribution in [0, 0.1) is 5.41 Å². The molecule has 3 fully saturated rings. The molecule has 2 saturated heterocycles. The number of hydrogen-bond donors (Lipinski definition) is 2. The highest BCUT2D eigenvalue weighted by Crippen LogP contribution is 2.40. The minimum Gasteiger partial charge on any atom is -0.391 e. The Balaban J connectivity index is 1.42. The molecule has 2 N–H and O–H groups in total. The maximum atomic E-state index is 13.8. The number of carbonyl (C=O) groups is 3. The van der Waals surface area contributed by atoms with E-state index in [4.69, 9.17) is 0 Å². The predicted molar refractivity (Wildman–Crippen MR) is 129 cm³/mol. The van der Waals surface area contributed by atoms with Gasteiger partial charge in [0.2, 0.25) is 17.7 Å². The van der Waals surface area contributed by atoms with Gasteiger partial charge in [-0.15, -0.1) is 5.10 Å². The lowest BCUT2D eigenvalue weighted by molar-refractivity contribution is -0.144. The zero-order valence-electron chi connectivity index (χ0n) is 21.4. The van der Waals surface area contributed by atoms with Crippen molar-refractivity contribution in [1.29, 1.82) is 0 Å². The summed E-state index contributed by atoms with van der Waals surface area (Å²) in [5.74, 6) is 0.123. The molecule has 0 bridgehead atoms. The molecule has 3 aliphatic rings. The smallest absolute Gasteiger partial charge is 0.248 e. The van der Waals surface area contributed by atoms with Crippen LogP contribution >= 0.6 is 0 Å². The Morgan fingerprint density at radius 2 is 2.03 bits per heavy atom. The summed E-state index contributed by atoms with van der Waals surface area (Å²) >= 11 is 0. The molecule has 1 aromatic heterocycles. The molecule has 1 unspecified atom stereocenters. The van der Waals surface area contributed by atoms with Crippen LogP contribution in [0.4, 0.5) is 0 Å². The lowest BCUT2D eigenvalue weighted by atomic mass is 9.85. The molecule has 10 nitrogen and oxygen atoms in total. The number of nitrogens with zero attached hydrogens (tertiary/aromatic N) is 5. The molecule has 4 atom stereocenters. The summed E-state index contributed by atoms with van der Waals surface area (Å²) < 4.78 is 1.63. The topological polar surface area (TPSA) is 121 Å². The highest BCUT2D eigenvalue weighted by atomic mass is 16.3. The summed E-state index contributed by atoms with van der Waals surface area (Å²) in [6.45, 7) is 9.29. The quantitative estimate of drug-likeness (QED) is 0.545. The number of nitrogens with one attached hydrogen (secondary N) is 1. The van der Waals surface area contributed by atoms with Gasteiger partial charge in [0.25, 0.3) is 0 Å². The number of hydrogen-bond acceptors (Lipinski definition) is 6. The van der Waals surface area contributed by atoms with Crippen molar-refractivity contribution in [2.45, 2.75) is 103 Å². The fraction of sp³-hybridized carbons (Fsp3) is 0.800. The van der Waals surface area contributed by atoms with Crippen LogP contribution in [0.15, 0.2) is 6.20 Å². The zero-order valence-corrected chi connectivity index (χ0v) is 21.4. The normalized spacial score (nSPS) is 24.7. The third kappa shape index (κ3) is 5.68. The monoisotopic (exact) mass is 488 g/mol. The van der Waals surface area contributed by atoms with Crippen LogP contribution in [-0.4, -0.2) is 85.4 Å². The van der Waals surface area contributed by atoms with Gasteiger partial charge in [0, 0.05) is 50.6 Å². The Morgan fingerprint density at radius 1 is 1.29 bits per heavy atom. The molecular weight excluding hydrogens is 448 g/mol. The van der Waals surface area contributed by atoms with E-state index in [1.807, 2.05) is 31.9 Å². The summed E-state index contributed by atoms with van der Waals surface area (Å²) in [5, 5.41) is 21.9. The third-order valence-electron chi connectivity index (χ3n) is 7.51. The fourth-order valence-corrected chi connectivity index (χ4v) is 5.44. The lowest BCUT2D eigenvalue weighted by Crippen LogP contribution is -2.50. The van der Waals surface area contributed by atoms with Crippen LogP contribution in [0.3, 0.4) is 0 Å². The van der Waals surface area contributed by atoms with Gasteiger partial charge in [-0.25, -0.2) is 4.68 Å². The second-order valence-electron chi connectivity index (χ2n) is 11.4. The van der Waals surface area contributed by atoms with E-state index in [0.29, 0.717) is 25.3 Å². The molecule has 3 heterocycles. The van der Waals surface area contributed by atoms with Gasteiger partial charge >= 0.3 is 0 Å². The third-order valence-corrected chi connectivity index (χ3v) is 7.51. The first-order valence-corrected chi connectivity index (χ1v) is 13.1. The first-order chi connectivity index (χ1) is 16.6. The Labute approximate surface area is 207 Å². The van der Waals surface area contributed by atoms with E-state index in [1.54, 1.807) is 4.68 Å². The van der Waals surface area contributed by atoms with Crippen molar-refractivity contribution < 1.29 is 19.5 Å². The highest BCUT2D eigenvalue weighted by molar-refractivity contribution is 5.90. The number of aromatic nitrogens is 3. The average molecular weight is 489 g/mol. The number of rotatable bonds is 9. The van der Waals surface area contributed by atoms with Crippen molar-refractivity contribution in [3.63, 3.8) is 0 Å². The summed E-state index contributed by atoms with van der Waals surface area (Å²) in [6.07, 6.45) is 6.51. The SMILES string of the molecule is CCC(CCNC(=O)[C@H]1C[C@H](O)CN1C(=O)[C@H](n1cc(C2CC2)nn1)C(C)(C)C)N1CCCC1=O. The van der Waals surface area contributed by atoms with Gasteiger partial charge in [-0.05, 0) is 37.5 Å². The molecule has 3 amide bonds. The summed E-state index contributed by atoms with van der Waals surface area (Å²) in [7, 11) is 0. The first-order valence-electron chi connectivity index (χ1n) is 13.1. The summed E-state index contributed by atoms with van der Waals surface area (Å²) in [4.78, 5) is 42.5. The van der Waals surface area contributed by atoms with E-state index in [0.717, 1.165) is 37.9 Å². The van der Waals surface area contributed by atoms with E-state index in [9.17, 15) is 19.5 Å². The molecule has 1 saturated carbocycles. The molecular formula is C25H40N6O4. The number of likely N-dealkylation sites (tertiary alicyclic amines) is 2. The van der Waals surface area contributed by atoms with Crippen molar-refractivity contribution in [2.75, 3.05) is 19.6 Å². The van der Waals surface area contributed by atoms with E-state index in [2.05, 4.69) is 22.6 Å². The largest absolute Gasteiger partial charge is 0.391 e. The van der Waals surface area contributed by atoms with Crippen molar-refractivity contribution in [3.05, 3.63) is 11.9 Å². The maximum absolute atomic E-state index is 13.8. The Kier molecular flexibility index (Phi) is 7.49. The molecule has 0 spiro atoms. The number of amides is 3. The maximum Gasteiger partial charge on any atom is 0.248 e. The lowest BCUT2D eigenvalue weighted by Gasteiger charge is -2.34. The molecule has 2 aliphatic heterocycles. The van der Waals surface area contributed by atoms with Crippen LogP contribution in [-0.2, 0) is 14.4 Å². The Morgan fingerprint density at radius 3 is 2.63 bits per heavy atom. The molecule has 4 rings (SSSR count). The predicted octanol–water partition coefficient (Wildman–Crippen LogP) is 1.61. The number of aliphatic hydroxyl groups excluding tert-OH is 1.